The summed E-state index contributed by atoms with van der Waals surface area (Å²) < 4.78 is 5.32. The Morgan fingerprint density at radius 2 is 2.07 bits per heavy atom. The third-order valence-corrected chi connectivity index (χ3v) is 3.21. The average Bonchev–Trinajstić information content (AvgIpc) is 2.20. The third kappa shape index (κ3) is 4.86. The molecule has 0 aliphatic heterocycles. The molecule has 1 saturated carbocycles. The second kappa shape index (κ2) is 7.12. The second-order valence-electron chi connectivity index (χ2n) is 3.62. The summed E-state index contributed by atoms with van der Waals surface area (Å²) in [5, 5.41) is -0.120. The van der Waals surface area contributed by atoms with Gasteiger partial charge in [0.25, 0.3) is 0 Å². The Labute approximate surface area is 89.8 Å². The van der Waals surface area contributed by atoms with Gasteiger partial charge in [-0.25, -0.2) is 4.79 Å². The fourth-order valence-corrected chi connectivity index (χ4v) is 2.27. The van der Waals surface area contributed by atoms with Crippen LogP contribution < -0.4 is 5.73 Å². The van der Waals surface area contributed by atoms with Gasteiger partial charge in [-0.05, 0) is 50.4 Å². The molecular weight excluding hydrogens is 198 g/mol. The van der Waals surface area contributed by atoms with Crippen molar-refractivity contribution in [3.63, 3.8) is 0 Å². The fraction of sp³-hybridized carbons (Fsp3) is 0.900. The van der Waals surface area contributed by atoms with Crippen molar-refractivity contribution >= 4 is 17.1 Å². The lowest BCUT2D eigenvalue weighted by Crippen LogP contribution is -2.18. The van der Waals surface area contributed by atoms with Gasteiger partial charge in [0, 0.05) is 5.75 Å². The highest BCUT2D eigenvalue weighted by molar-refractivity contribution is 8.13. The zero-order valence-corrected chi connectivity index (χ0v) is 9.35. The molecule has 0 aromatic rings. The highest BCUT2D eigenvalue weighted by atomic mass is 32.2. The molecule has 0 unspecified atom stereocenters. The third-order valence-electron chi connectivity index (χ3n) is 2.38. The number of nitrogens with two attached hydrogens (primary N) is 1. The van der Waals surface area contributed by atoms with Gasteiger partial charge in [0.2, 0.25) is 0 Å². The van der Waals surface area contributed by atoms with E-state index >= 15 is 0 Å². The van der Waals surface area contributed by atoms with Crippen LogP contribution in [0.5, 0.6) is 0 Å². The van der Waals surface area contributed by atoms with Crippen LogP contribution in [-0.4, -0.2) is 23.7 Å². The summed E-state index contributed by atoms with van der Waals surface area (Å²) in [5.41, 5.74) is 5.33. The molecule has 0 spiro atoms. The molecule has 0 aromatic heterocycles. The number of hydrogen-bond acceptors (Lipinski definition) is 4. The van der Waals surface area contributed by atoms with E-state index in [9.17, 15) is 4.79 Å². The molecule has 0 amide bonds. The minimum atomic E-state index is -0.120. The number of hydrogen-bond donors (Lipinski definition) is 1. The Bertz CT molecular complexity index is 170. The first-order valence-corrected chi connectivity index (χ1v) is 6.35. The fourth-order valence-electron chi connectivity index (χ4n) is 1.59. The van der Waals surface area contributed by atoms with Crippen molar-refractivity contribution in [3.8, 4) is 0 Å². The smallest absolute Gasteiger partial charge is 0.367 e. The van der Waals surface area contributed by atoms with Gasteiger partial charge in [-0.15, -0.1) is 0 Å². The lowest BCUT2D eigenvalue weighted by molar-refractivity contribution is 0.0967. The zero-order chi connectivity index (χ0) is 10.2. The predicted molar refractivity (Wildman–Crippen MR) is 59.5 cm³/mol. The normalized spacial score (nSPS) is 18.1. The molecule has 1 rings (SSSR count). The van der Waals surface area contributed by atoms with Gasteiger partial charge in [-0.1, -0.05) is 6.42 Å². The van der Waals surface area contributed by atoms with Crippen LogP contribution in [0.1, 0.15) is 38.5 Å². The largest absolute Gasteiger partial charge is 0.454 e. The first-order chi connectivity index (χ1) is 6.83. The van der Waals surface area contributed by atoms with Gasteiger partial charge in [-0.2, -0.15) is 0 Å². The van der Waals surface area contributed by atoms with E-state index < -0.39 is 0 Å². The molecule has 2 N–H and O–H groups in total. The molecule has 0 saturated heterocycles. The maximum absolute atomic E-state index is 11.3. The van der Waals surface area contributed by atoms with Gasteiger partial charge in [0.05, 0.1) is 0 Å². The van der Waals surface area contributed by atoms with Crippen LogP contribution in [0, 0.1) is 0 Å². The second-order valence-corrected chi connectivity index (χ2v) is 4.65. The molecule has 0 radical (unpaired) electrons. The summed E-state index contributed by atoms with van der Waals surface area (Å²) in [4.78, 5) is 11.3. The first-order valence-electron chi connectivity index (χ1n) is 5.36. The van der Waals surface area contributed by atoms with Crippen molar-refractivity contribution < 1.29 is 9.53 Å². The van der Waals surface area contributed by atoms with Crippen molar-refractivity contribution in [1.82, 2.24) is 0 Å². The molecule has 3 nitrogen and oxygen atoms in total. The molecule has 4 heteroatoms. The summed E-state index contributed by atoms with van der Waals surface area (Å²) in [6.45, 7) is 0.643. The number of carbonyl (C=O) groups excluding carboxylic acids is 1. The predicted octanol–water partition coefficient (Wildman–Crippen LogP) is 2.54. The van der Waals surface area contributed by atoms with Gasteiger partial charge in [0.15, 0.2) is 0 Å². The standard InChI is InChI=1S/C10H19NO2S/c11-7-4-8-14-10(12)13-9-5-2-1-3-6-9/h9H,1-8,11H2. The van der Waals surface area contributed by atoms with E-state index in [1.807, 2.05) is 0 Å². The van der Waals surface area contributed by atoms with Crippen molar-refractivity contribution in [2.24, 2.45) is 5.73 Å². The summed E-state index contributed by atoms with van der Waals surface area (Å²) >= 11 is 1.25. The van der Waals surface area contributed by atoms with Crippen LogP contribution >= 0.6 is 11.8 Å². The van der Waals surface area contributed by atoms with Gasteiger partial charge < -0.3 is 10.5 Å². The van der Waals surface area contributed by atoms with Crippen LogP contribution in [0.15, 0.2) is 0 Å². The van der Waals surface area contributed by atoms with Crippen LogP contribution in [-0.2, 0) is 4.74 Å². The number of carbonyl (C=O) groups is 1. The highest BCUT2D eigenvalue weighted by Crippen LogP contribution is 2.22. The number of rotatable bonds is 4. The van der Waals surface area contributed by atoms with E-state index in [1.54, 1.807) is 0 Å². The topological polar surface area (TPSA) is 52.3 Å². The quantitative estimate of drug-likeness (QED) is 0.581. The molecular formula is C10H19NO2S. The lowest BCUT2D eigenvalue weighted by atomic mass is 9.98. The Morgan fingerprint density at radius 1 is 1.36 bits per heavy atom. The highest BCUT2D eigenvalue weighted by Gasteiger charge is 2.17. The zero-order valence-electron chi connectivity index (χ0n) is 8.54. The molecule has 14 heavy (non-hydrogen) atoms. The number of ether oxygens (including phenoxy) is 1. The molecule has 1 fully saturated rings. The monoisotopic (exact) mass is 217 g/mol. The summed E-state index contributed by atoms with van der Waals surface area (Å²) in [6.07, 6.45) is 6.84. The number of thioether (sulfide) groups is 1. The van der Waals surface area contributed by atoms with E-state index in [4.69, 9.17) is 10.5 Å². The lowest BCUT2D eigenvalue weighted by Gasteiger charge is -2.21. The van der Waals surface area contributed by atoms with Gasteiger partial charge in [-0.3, -0.25) is 0 Å². The molecule has 82 valence electrons. The molecule has 0 heterocycles. The Hall–Kier alpha value is -0.220. The van der Waals surface area contributed by atoms with Crippen LogP contribution in [0.4, 0.5) is 4.79 Å². The molecule has 1 aliphatic carbocycles. The van der Waals surface area contributed by atoms with Crippen molar-refractivity contribution in [3.05, 3.63) is 0 Å². The minimum absolute atomic E-state index is 0.120. The SMILES string of the molecule is NCCCSC(=O)OC1CCCCC1. The Kier molecular flexibility index (Phi) is 6.03. The van der Waals surface area contributed by atoms with E-state index in [0.29, 0.717) is 6.54 Å². The van der Waals surface area contributed by atoms with Crippen molar-refractivity contribution in [2.75, 3.05) is 12.3 Å². The minimum Gasteiger partial charge on any atom is -0.454 e. The molecule has 0 aromatic carbocycles. The van der Waals surface area contributed by atoms with E-state index in [1.165, 1.54) is 31.0 Å². The molecule has 0 bridgehead atoms. The van der Waals surface area contributed by atoms with Crippen LogP contribution in [0.3, 0.4) is 0 Å². The molecule has 0 atom stereocenters. The first kappa shape index (κ1) is 11.9. The Balaban J connectivity index is 2.06. The van der Waals surface area contributed by atoms with E-state index in [2.05, 4.69) is 0 Å². The van der Waals surface area contributed by atoms with Crippen LogP contribution in [0.2, 0.25) is 0 Å². The van der Waals surface area contributed by atoms with Crippen molar-refractivity contribution in [2.45, 2.75) is 44.6 Å². The average molecular weight is 217 g/mol. The maximum atomic E-state index is 11.3. The van der Waals surface area contributed by atoms with E-state index in [-0.39, 0.29) is 11.4 Å². The summed E-state index contributed by atoms with van der Waals surface area (Å²) in [5.74, 6) is 0.780. The maximum Gasteiger partial charge on any atom is 0.367 e. The van der Waals surface area contributed by atoms with Crippen LogP contribution in [0.25, 0.3) is 0 Å². The van der Waals surface area contributed by atoms with Crippen molar-refractivity contribution in [1.29, 1.82) is 0 Å². The van der Waals surface area contributed by atoms with Gasteiger partial charge in [0.1, 0.15) is 6.10 Å². The molecule has 1 aliphatic rings. The summed E-state index contributed by atoms with van der Waals surface area (Å²) in [7, 11) is 0. The van der Waals surface area contributed by atoms with Gasteiger partial charge >= 0.3 is 5.30 Å². The summed E-state index contributed by atoms with van der Waals surface area (Å²) in [6, 6.07) is 0. The van der Waals surface area contributed by atoms with E-state index in [0.717, 1.165) is 25.0 Å². The Morgan fingerprint density at radius 3 is 2.71 bits per heavy atom.